The Balaban J connectivity index is 1.76. The average molecular weight is 374 g/mol. The third-order valence-corrected chi connectivity index (χ3v) is 4.61. The minimum Gasteiger partial charge on any atom is -0.508 e. The third kappa shape index (κ3) is 3.86. The molecule has 0 unspecified atom stereocenters. The molecule has 0 bridgehead atoms. The number of carbonyl (C=O) groups excluding carboxylic acids is 2. The first-order valence-electron chi connectivity index (χ1n) is 7.07. The number of hydrogen-bond acceptors (Lipinski definition) is 5. The van der Waals surface area contributed by atoms with E-state index in [9.17, 15) is 19.1 Å². The predicted octanol–water partition coefficient (Wildman–Crippen LogP) is 3.08. The van der Waals surface area contributed by atoms with Crippen molar-refractivity contribution in [3.63, 3.8) is 0 Å². The average Bonchev–Trinajstić information content (AvgIpc) is 2.85. The van der Waals surface area contributed by atoms with Crippen LogP contribution in [0.3, 0.4) is 0 Å². The molecule has 0 atom stereocenters. The highest BCUT2D eigenvalue weighted by molar-refractivity contribution is 8.26. The van der Waals surface area contributed by atoms with Gasteiger partial charge >= 0.3 is 0 Å². The molecule has 1 fully saturated rings. The Morgan fingerprint density at radius 2 is 1.80 bits per heavy atom. The van der Waals surface area contributed by atoms with E-state index in [1.165, 1.54) is 48.5 Å². The van der Waals surface area contributed by atoms with Crippen molar-refractivity contribution < 1.29 is 19.1 Å². The van der Waals surface area contributed by atoms with E-state index in [0.29, 0.717) is 10.5 Å². The number of nitrogens with zero attached hydrogens (tertiary/aromatic N) is 1. The van der Waals surface area contributed by atoms with Gasteiger partial charge in [-0.05, 0) is 60.3 Å². The zero-order chi connectivity index (χ0) is 18.0. The fourth-order valence-electron chi connectivity index (χ4n) is 2.05. The largest absolute Gasteiger partial charge is 0.508 e. The van der Waals surface area contributed by atoms with E-state index in [0.717, 1.165) is 16.8 Å². The van der Waals surface area contributed by atoms with Crippen LogP contribution < -0.4 is 5.43 Å². The smallest absolute Gasteiger partial charge is 0.285 e. The molecule has 0 saturated carbocycles. The monoisotopic (exact) mass is 374 g/mol. The van der Waals surface area contributed by atoms with Crippen LogP contribution in [0, 0.1) is 5.82 Å². The van der Waals surface area contributed by atoms with Crippen molar-refractivity contribution >= 4 is 46.2 Å². The Morgan fingerprint density at radius 1 is 1.16 bits per heavy atom. The molecule has 25 heavy (non-hydrogen) atoms. The summed E-state index contributed by atoms with van der Waals surface area (Å²) < 4.78 is 13.1. The summed E-state index contributed by atoms with van der Waals surface area (Å²) >= 11 is 6.17. The Labute approximate surface area is 152 Å². The molecule has 0 radical (unpaired) electrons. The molecule has 126 valence electrons. The second-order valence-corrected chi connectivity index (χ2v) is 6.73. The van der Waals surface area contributed by atoms with Crippen LogP contribution >= 0.6 is 24.0 Å². The first-order chi connectivity index (χ1) is 11.9. The molecule has 1 aliphatic rings. The lowest BCUT2D eigenvalue weighted by Crippen LogP contribution is -2.44. The maximum Gasteiger partial charge on any atom is 0.285 e. The highest BCUT2D eigenvalue weighted by atomic mass is 32.2. The van der Waals surface area contributed by atoms with Crippen molar-refractivity contribution in [2.24, 2.45) is 0 Å². The Bertz CT molecular complexity index is 880. The number of phenolic OH excluding ortho intramolecular Hbond substituents is 1. The van der Waals surface area contributed by atoms with Gasteiger partial charge in [0.25, 0.3) is 11.8 Å². The molecule has 2 aromatic rings. The van der Waals surface area contributed by atoms with E-state index >= 15 is 0 Å². The van der Waals surface area contributed by atoms with Crippen molar-refractivity contribution in [3.8, 4) is 5.75 Å². The van der Waals surface area contributed by atoms with Crippen molar-refractivity contribution in [1.29, 1.82) is 0 Å². The lowest BCUT2D eigenvalue weighted by Gasteiger charge is -2.15. The van der Waals surface area contributed by atoms with E-state index < -0.39 is 11.8 Å². The molecular weight excluding hydrogens is 363 g/mol. The zero-order valence-corrected chi connectivity index (χ0v) is 14.2. The molecular formula is C17H11FN2O3S2. The van der Waals surface area contributed by atoms with Gasteiger partial charge in [0, 0.05) is 5.56 Å². The van der Waals surface area contributed by atoms with Crippen molar-refractivity contribution in [3.05, 3.63) is 70.4 Å². The lowest BCUT2D eigenvalue weighted by molar-refractivity contribution is -0.123. The molecule has 0 aliphatic carbocycles. The summed E-state index contributed by atoms with van der Waals surface area (Å²) in [6, 6.07) is 11.3. The quantitative estimate of drug-likeness (QED) is 0.638. The fourth-order valence-corrected chi connectivity index (χ4v) is 3.23. The molecule has 3 rings (SSSR count). The maximum absolute atomic E-state index is 12.9. The van der Waals surface area contributed by atoms with Gasteiger partial charge in [-0.1, -0.05) is 23.9 Å². The molecule has 1 heterocycles. The Morgan fingerprint density at radius 3 is 2.44 bits per heavy atom. The third-order valence-electron chi connectivity index (χ3n) is 3.30. The Hall–Kier alpha value is -2.71. The first-order valence-corrected chi connectivity index (χ1v) is 8.30. The second kappa shape index (κ2) is 7.04. The van der Waals surface area contributed by atoms with Crippen molar-refractivity contribution in [1.82, 2.24) is 10.4 Å². The van der Waals surface area contributed by atoms with E-state index in [1.807, 2.05) is 0 Å². The molecule has 8 heteroatoms. The minimum atomic E-state index is -0.528. The lowest BCUT2D eigenvalue weighted by atomic mass is 10.2. The number of rotatable bonds is 3. The van der Waals surface area contributed by atoms with Gasteiger partial charge in [-0.3, -0.25) is 15.0 Å². The molecule has 0 aromatic heterocycles. The normalized spacial score (nSPS) is 15.7. The SMILES string of the molecule is O=C(NN1C(=O)/C(=C\c2ccc(F)cc2)SC1=S)c1ccc(O)cc1. The highest BCUT2D eigenvalue weighted by Crippen LogP contribution is 2.31. The summed E-state index contributed by atoms with van der Waals surface area (Å²) in [5.41, 5.74) is 3.36. The highest BCUT2D eigenvalue weighted by Gasteiger charge is 2.33. The van der Waals surface area contributed by atoms with Gasteiger partial charge in [-0.2, -0.15) is 5.01 Å². The Kier molecular flexibility index (Phi) is 4.82. The summed E-state index contributed by atoms with van der Waals surface area (Å²) in [6.07, 6.45) is 1.57. The number of phenols is 1. The molecule has 1 saturated heterocycles. The van der Waals surface area contributed by atoms with Crippen LogP contribution in [0.25, 0.3) is 6.08 Å². The van der Waals surface area contributed by atoms with Crippen LogP contribution in [0.5, 0.6) is 5.75 Å². The minimum absolute atomic E-state index is 0.0318. The van der Waals surface area contributed by atoms with Gasteiger partial charge in [0.2, 0.25) is 0 Å². The molecule has 0 spiro atoms. The van der Waals surface area contributed by atoms with E-state index in [2.05, 4.69) is 5.43 Å². The number of hydrogen-bond donors (Lipinski definition) is 2. The number of thioether (sulfide) groups is 1. The van der Waals surface area contributed by atoms with E-state index in [1.54, 1.807) is 6.08 Å². The fraction of sp³-hybridized carbons (Fsp3) is 0. The predicted molar refractivity (Wildman–Crippen MR) is 97.0 cm³/mol. The van der Waals surface area contributed by atoms with Crippen LogP contribution in [-0.4, -0.2) is 26.3 Å². The van der Waals surface area contributed by atoms with Gasteiger partial charge in [0.15, 0.2) is 4.32 Å². The molecule has 5 nitrogen and oxygen atoms in total. The van der Waals surface area contributed by atoms with Gasteiger partial charge in [0.1, 0.15) is 11.6 Å². The van der Waals surface area contributed by atoms with Gasteiger partial charge in [0.05, 0.1) is 4.91 Å². The zero-order valence-electron chi connectivity index (χ0n) is 12.6. The van der Waals surface area contributed by atoms with Crippen molar-refractivity contribution in [2.45, 2.75) is 0 Å². The van der Waals surface area contributed by atoms with Crippen LogP contribution in [-0.2, 0) is 4.79 Å². The number of thiocarbonyl (C=S) groups is 1. The number of aromatic hydroxyl groups is 1. The van der Waals surface area contributed by atoms with Crippen LogP contribution in [0.15, 0.2) is 53.4 Å². The van der Waals surface area contributed by atoms with Gasteiger partial charge in [-0.25, -0.2) is 4.39 Å². The number of amides is 2. The number of nitrogens with one attached hydrogen (secondary N) is 1. The van der Waals surface area contributed by atoms with Gasteiger partial charge in [-0.15, -0.1) is 0 Å². The number of benzene rings is 2. The number of hydrazine groups is 1. The van der Waals surface area contributed by atoms with Crippen LogP contribution in [0.1, 0.15) is 15.9 Å². The maximum atomic E-state index is 12.9. The summed E-state index contributed by atoms with van der Waals surface area (Å²) in [5.74, 6) is -1.33. The second-order valence-electron chi connectivity index (χ2n) is 5.06. The summed E-state index contributed by atoms with van der Waals surface area (Å²) in [5, 5.41) is 10.2. The molecule has 1 aliphatic heterocycles. The van der Waals surface area contributed by atoms with Crippen LogP contribution in [0.4, 0.5) is 4.39 Å². The first kappa shape index (κ1) is 17.1. The molecule has 2 aromatic carbocycles. The standard InChI is InChI=1S/C17H11FN2O3S2/c18-12-5-1-10(2-6-12)9-14-16(23)20(17(24)25-14)19-15(22)11-3-7-13(21)8-4-11/h1-9,21H,(H,19,22)/b14-9+. The van der Waals surface area contributed by atoms with Crippen LogP contribution in [0.2, 0.25) is 0 Å². The van der Waals surface area contributed by atoms with E-state index in [-0.39, 0.29) is 21.5 Å². The van der Waals surface area contributed by atoms with Crippen molar-refractivity contribution in [2.75, 3.05) is 0 Å². The summed E-state index contributed by atoms with van der Waals surface area (Å²) in [4.78, 5) is 24.9. The number of carbonyl (C=O) groups is 2. The summed E-state index contributed by atoms with van der Waals surface area (Å²) in [7, 11) is 0. The molecule has 2 N–H and O–H groups in total. The van der Waals surface area contributed by atoms with Gasteiger partial charge < -0.3 is 5.11 Å². The summed E-state index contributed by atoms with van der Waals surface area (Å²) in [6.45, 7) is 0. The number of halogens is 1. The molecule has 2 amide bonds. The topological polar surface area (TPSA) is 69.6 Å². The van der Waals surface area contributed by atoms with E-state index in [4.69, 9.17) is 12.2 Å².